The molecular formula is C13H24N2O. The summed E-state index contributed by atoms with van der Waals surface area (Å²) >= 11 is 0. The SMILES string of the molecule is CCN(C=O)C1CC(C)(C)CC(C)(C=N)C1. The first-order valence-corrected chi connectivity index (χ1v) is 6.08. The Balaban J connectivity index is 2.88. The first kappa shape index (κ1) is 13.2. The maximum Gasteiger partial charge on any atom is 0.209 e. The van der Waals surface area contributed by atoms with Gasteiger partial charge in [0.2, 0.25) is 6.41 Å². The molecule has 0 bridgehead atoms. The van der Waals surface area contributed by atoms with Crippen LogP contribution in [0.25, 0.3) is 0 Å². The van der Waals surface area contributed by atoms with Gasteiger partial charge in [0.1, 0.15) is 0 Å². The Morgan fingerprint density at radius 1 is 1.38 bits per heavy atom. The molecule has 0 radical (unpaired) electrons. The molecule has 1 aliphatic carbocycles. The van der Waals surface area contributed by atoms with Gasteiger partial charge in [-0.25, -0.2) is 0 Å². The Bertz CT molecular complexity index is 275. The largest absolute Gasteiger partial charge is 0.343 e. The number of nitrogens with one attached hydrogen (secondary N) is 1. The molecule has 92 valence electrons. The number of amides is 1. The van der Waals surface area contributed by atoms with Crippen molar-refractivity contribution in [1.82, 2.24) is 4.90 Å². The third-order valence-electron chi connectivity index (χ3n) is 3.69. The van der Waals surface area contributed by atoms with Gasteiger partial charge in [-0.15, -0.1) is 0 Å². The highest BCUT2D eigenvalue weighted by molar-refractivity contribution is 5.62. The minimum atomic E-state index is -0.0527. The number of hydrogen-bond donors (Lipinski definition) is 1. The summed E-state index contributed by atoms with van der Waals surface area (Å²) in [6.45, 7) is 9.38. The maximum atomic E-state index is 11.0. The van der Waals surface area contributed by atoms with Crippen molar-refractivity contribution in [2.45, 2.75) is 53.0 Å². The number of nitrogens with zero attached hydrogens (tertiary/aromatic N) is 1. The summed E-state index contributed by atoms with van der Waals surface area (Å²) in [5, 5.41) is 7.58. The molecule has 2 atom stereocenters. The molecule has 0 heterocycles. The van der Waals surface area contributed by atoms with Gasteiger partial charge in [0.05, 0.1) is 0 Å². The van der Waals surface area contributed by atoms with Gasteiger partial charge in [-0.05, 0) is 31.6 Å². The van der Waals surface area contributed by atoms with E-state index in [-0.39, 0.29) is 16.9 Å². The smallest absolute Gasteiger partial charge is 0.209 e. The fourth-order valence-corrected chi connectivity index (χ4v) is 3.25. The zero-order valence-corrected chi connectivity index (χ0v) is 10.9. The van der Waals surface area contributed by atoms with Gasteiger partial charge in [0, 0.05) is 24.2 Å². The number of rotatable bonds is 4. The van der Waals surface area contributed by atoms with Crippen LogP contribution in [0.5, 0.6) is 0 Å². The van der Waals surface area contributed by atoms with Crippen LogP contribution < -0.4 is 0 Å². The van der Waals surface area contributed by atoms with E-state index in [1.807, 2.05) is 11.8 Å². The highest BCUT2D eigenvalue weighted by Crippen LogP contribution is 2.46. The van der Waals surface area contributed by atoms with Crippen molar-refractivity contribution in [2.24, 2.45) is 10.8 Å². The third-order valence-corrected chi connectivity index (χ3v) is 3.69. The van der Waals surface area contributed by atoms with Crippen LogP contribution in [0.15, 0.2) is 0 Å². The Labute approximate surface area is 98.7 Å². The number of carbonyl (C=O) groups is 1. The van der Waals surface area contributed by atoms with E-state index in [0.717, 1.165) is 32.2 Å². The Kier molecular flexibility index (Phi) is 3.76. The Morgan fingerprint density at radius 2 is 2.00 bits per heavy atom. The summed E-state index contributed by atoms with van der Waals surface area (Å²) in [5.74, 6) is 0. The molecule has 1 rings (SSSR count). The Morgan fingerprint density at radius 3 is 2.44 bits per heavy atom. The lowest BCUT2D eigenvalue weighted by molar-refractivity contribution is -0.122. The van der Waals surface area contributed by atoms with Crippen LogP contribution in [0.4, 0.5) is 0 Å². The van der Waals surface area contributed by atoms with Crippen molar-refractivity contribution in [1.29, 1.82) is 5.41 Å². The molecule has 0 spiro atoms. The first-order valence-electron chi connectivity index (χ1n) is 6.08. The molecule has 0 saturated heterocycles. The monoisotopic (exact) mass is 224 g/mol. The van der Waals surface area contributed by atoms with Crippen LogP contribution in [-0.2, 0) is 4.79 Å². The van der Waals surface area contributed by atoms with Gasteiger partial charge >= 0.3 is 0 Å². The van der Waals surface area contributed by atoms with Crippen LogP contribution >= 0.6 is 0 Å². The maximum absolute atomic E-state index is 11.0. The molecule has 1 fully saturated rings. The summed E-state index contributed by atoms with van der Waals surface area (Å²) in [7, 11) is 0. The van der Waals surface area contributed by atoms with Gasteiger partial charge in [0.15, 0.2) is 0 Å². The lowest BCUT2D eigenvalue weighted by atomic mass is 9.63. The molecule has 1 N–H and O–H groups in total. The average molecular weight is 224 g/mol. The lowest BCUT2D eigenvalue weighted by Crippen LogP contribution is -2.47. The Hall–Kier alpha value is -0.860. The topological polar surface area (TPSA) is 44.2 Å². The average Bonchev–Trinajstić information content (AvgIpc) is 2.17. The number of hydrogen-bond acceptors (Lipinski definition) is 2. The lowest BCUT2D eigenvalue weighted by Gasteiger charge is -2.47. The van der Waals surface area contributed by atoms with Crippen LogP contribution in [-0.4, -0.2) is 30.1 Å². The highest BCUT2D eigenvalue weighted by Gasteiger charge is 2.41. The zero-order valence-electron chi connectivity index (χ0n) is 10.9. The molecular weight excluding hydrogens is 200 g/mol. The van der Waals surface area contributed by atoms with Crippen molar-refractivity contribution >= 4 is 12.6 Å². The first-order chi connectivity index (χ1) is 7.36. The molecule has 0 aromatic carbocycles. The van der Waals surface area contributed by atoms with Crippen LogP contribution in [0.3, 0.4) is 0 Å². The molecule has 0 aromatic heterocycles. The minimum absolute atomic E-state index is 0.0527. The summed E-state index contributed by atoms with van der Waals surface area (Å²) in [6, 6.07) is 0.290. The molecule has 0 aliphatic heterocycles. The van der Waals surface area contributed by atoms with Crippen LogP contribution in [0, 0.1) is 16.2 Å². The van der Waals surface area contributed by atoms with Gasteiger partial charge in [-0.2, -0.15) is 0 Å². The minimum Gasteiger partial charge on any atom is -0.343 e. The van der Waals surface area contributed by atoms with E-state index in [2.05, 4.69) is 20.8 Å². The van der Waals surface area contributed by atoms with E-state index in [9.17, 15) is 4.79 Å². The number of carbonyl (C=O) groups excluding carboxylic acids is 1. The molecule has 16 heavy (non-hydrogen) atoms. The standard InChI is InChI=1S/C13H24N2O/c1-5-15(10-16)11-6-12(2,3)8-13(4,7-11)9-14/h9-11,14H,5-8H2,1-4H3. The van der Waals surface area contributed by atoms with E-state index >= 15 is 0 Å². The summed E-state index contributed by atoms with van der Waals surface area (Å²) in [4.78, 5) is 12.9. The molecule has 3 heteroatoms. The fourth-order valence-electron chi connectivity index (χ4n) is 3.25. The van der Waals surface area contributed by atoms with Gasteiger partial charge in [0.25, 0.3) is 0 Å². The molecule has 2 unspecified atom stereocenters. The van der Waals surface area contributed by atoms with E-state index in [1.54, 1.807) is 6.21 Å². The van der Waals surface area contributed by atoms with Crippen molar-refractivity contribution in [3.05, 3.63) is 0 Å². The highest BCUT2D eigenvalue weighted by atomic mass is 16.1. The summed E-state index contributed by atoms with van der Waals surface area (Å²) < 4.78 is 0. The van der Waals surface area contributed by atoms with Crippen LogP contribution in [0.2, 0.25) is 0 Å². The zero-order chi connectivity index (χ0) is 12.4. The fraction of sp³-hybridized carbons (Fsp3) is 0.846. The van der Waals surface area contributed by atoms with Crippen molar-refractivity contribution < 1.29 is 4.79 Å². The van der Waals surface area contributed by atoms with E-state index < -0.39 is 0 Å². The van der Waals surface area contributed by atoms with Gasteiger partial charge < -0.3 is 10.3 Å². The van der Waals surface area contributed by atoms with E-state index in [1.165, 1.54) is 0 Å². The normalized spacial score (nSPS) is 33.1. The third kappa shape index (κ3) is 2.83. The van der Waals surface area contributed by atoms with Gasteiger partial charge in [-0.1, -0.05) is 20.8 Å². The second-order valence-electron chi connectivity index (χ2n) is 6.14. The molecule has 1 saturated carbocycles. The molecule has 3 nitrogen and oxygen atoms in total. The van der Waals surface area contributed by atoms with E-state index in [0.29, 0.717) is 0 Å². The van der Waals surface area contributed by atoms with Crippen molar-refractivity contribution in [3.63, 3.8) is 0 Å². The predicted molar refractivity (Wildman–Crippen MR) is 66.8 cm³/mol. The van der Waals surface area contributed by atoms with E-state index in [4.69, 9.17) is 5.41 Å². The molecule has 1 amide bonds. The van der Waals surface area contributed by atoms with Crippen molar-refractivity contribution in [2.75, 3.05) is 6.54 Å². The van der Waals surface area contributed by atoms with Gasteiger partial charge in [-0.3, -0.25) is 4.79 Å². The second kappa shape index (κ2) is 4.56. The predicted octanol–water partition coefficient (Wildman–Crippen LogP) is 2.70. The van der Waals surface area contributed by atoms with Crippen molar-refractivity contribution in [3.8, 4) is 0 Å². The second-order valence-corrected chi connectivity index (χ2v) is 6.14. The molecule has 1 aliphatic rings. The van der Waals surface area contributed by atoms with Crippen LogP contribution in [0.1, 0.15) is 47.0 Å². The quantitative estimate of drug-likeness (QED) is 0.579. The molecule has 0 aromatic rings. The summed E-state index contributed by atoms with van der Waals surface area (Å²) in [6.07, 6.45) is 5.53. The summed E-state index contributed by atoms with van der Waals surface area (Å²) in [5.41, 5.74) is 0.161.